The number of carbonyl (C=O) groups is 4. The number of hydrazine groups is 1. The second kappa shape index (κ2) is 13.1. The van der Waals surface area contributed by atoms with Crippen molar-refractivity contribution in [3.8, 4) is 0 Å². The lowest BCUT2D eigenvalue weighted by Gasteiger charge is -2.30. The third kappa shape index (κ3) is 7.46. The van der Waals surface area contributed by atoms with E-state index >= 15 is 0 Å². The van der Waals surface area contributed by atoms with Gasteiger partial charge >= 0.3 is 12.0 Å². The molecule has 3 rings (SSSR count). The van der Waals surface area contributed by atoms with E-state index in [0.29, 0.717) is 37.2 Å². The molecule has 3 N–H and O–H groups in total. The molecule has 0 aromatic heterocycles. The number of hydrogen-bond acceptors (Lipinski definition) is 6. The molecular weight excluding hydrogens is 462 g/mol. The van der Waals surface area contributed by atoms with E-state index < -0.39 is 30.3 Å². The highest BCUT2D eigenvalue weighted by molar-refractivity contribution is 5.96. The molecule has 1 fully saturated rings. The molecule has 0 unspecified atom stereocenters. The van der Waals surface area contributed by atoms with Gasteiger partial charge < -0.3 is 19.9 Å². The number of nitrogens with one attached hydrogen (secondary N) is 3. The third-order valence-electron chi connectivity index (χ3n) is 6.06. The summed E-state index contributed by atoms with van der Waals surface area (Å²) in [6.45, 7) is 6.15. The Morgan fingerprint density at radius 2 is 1.56 bits per heavy atom. The van der Waals surface area contributed by atoms with Crippen LogP contribution >= 0.6 is 0 Å². The Morgan fingerprint density at radius 3 is 2.17 bits per heavy atom. The number of hydrogen-bond donors (Lipinski definition) is 3. The Morgan fingerprint density at radius 1 is 0.917 bits per heavy atom. The average molecular weight is 496 g/mol. The summed E-state index contributed by atoms with van der Waals surface area (Å²) in [5.41, 5.74) is 6.69. The van der Waals surface area contributed by atoms with Crippen LogP contribution in [0.25, 0.3) is 0 Å². The van der Waals surface area contributed by atoms with Gasteiger partial charge in [0, 0.05) is 43.1 Å². The number of esters is 1. The number of amides is 4. The number of benzene rings is 2. The maximum Gasteiger partial charge on any atom is 0.321 e. The number of ether oxygens (including phenoxy) is 1. The molecular formula is C26H33N5O5. The highest BCUT2D eigenvalue weighted by atomic mass is 16.5. The molecule has 0 spiro atoms. The molecule has 192 valence electrons. The summed E-state index contributed by atoms with van der Waals surface area (Å²) in [5.74, 6) is -2.00. The van der Waals surface area contributed by atoms with Gasteiger partial charge in [-0.05, 0) is 63.1 Å². The van der Waals surface area contributed by atoms with Crippen molar-refractivity contribution >= 4 is 35.2 Å². The van der Waals surface area contributed by atoms with Crippen LogP contribution in [0.3, 0.4) is 0 Å². The van der Waals surface area contributed by atoms with Crippen molar-refractivity contribution in [2.75, 3.05) is 43.0 Å². The van der Waals surface area contributed by atoms with Crippen LogP contribution < -0.4 is 21.1 Å². The van der Waals surface area contributed by atoms with E-state index in [9.17, 15) is 19.2 Å². The Kier molecular flexibility index (Phi) is 9.67. The SMILES string of the molecule is CCN(CC)c1ccc(C(=O)NNC(=O)COC(=O)C2CCN(C(=O)Nc3ccccc3)CC2)cc1. The molecule has 0 radical (unpaired) electrons. The van der Waals surface area contributed by atoms with Crippen molar-refractivity contribution in [3.63, 3.8) is 0 Å². The number of carbonyl (C=O) groups excluding carboxylic acids is 4. The van der Waals surface area contributed by atoms with Gasteiger partial charge in [0.15, 0.2) is 6.61 Å². The molecule has 2 aromatic rings. The van der Waals surface area contributed by atoms with Crippen LogP contribution in [-0.2, 0) is 14.3 Å². The number of urea groups is 1. The van der Waals surface area contributed by atoms with Crippen LogP contribution in [0.1, 0.15) is 37.0 Å². The van der Waals surface area contributed by atoms with Gasteiger partial charge in [-0.1, -0.05) is 18.2 Å². The van der Waals surface area contributed by atoms with Crippen molar-refractivity contribution in [2.45, 2.75) is 26.7 Å². The van der Waals surface area contributed by atoms with E-state index in [2.05, 4.69) is 34.9 Å². The Hall–Kier alpha value is -4.08. The summed E-state index contributed by atoms with van der Waals surface area (Å²) >= 11 is 0. The van der Waals surface area contributed by atoms with Gasteiger partial charge in [-0.3, -0.25) is 25.2 Å². The first-order chi connectivity index (χ1) is 17.4. The lowest BCUT2D eigenvalue weighted by Crippen LogP contribution is -2.45. The summed E-state index contributed by atoms with van der Waals surface area (Å²) < 4.78 is 5.11. The van der Waals surface area contributed by atoms with E-state index in [1.807, 2.05) is 30.3 Å². The Balaban J connectivity index is 1.35. The molecule has 0 aliphatic carbocycles. The first-order valence-electron chi connectivity index (χ1n) is 12.1. The van der Waals surface area contributed by atoms with Crippen molar-refractivity contribution in [3.05, 3.63) is 60.2 Å². The predicted molar refractivity (Wildman–Crippen MR) is 136 cm³/mol. The number of likely N-dealkylation sites (tertiary alicyclic amines) is 1. The zero-order chi connectivity index (χ0) is 25.9. The second-order valence-corrected chi connectivity index (χ2v) is 8.39. The van der Waals surface area contributed by atoms with E-state index in [1.165, 1.54) is 0 Å². The fourth-order valence-electron chi connectivity index (χ4n) is 3.94. The predicted octanol–water partition coefficient (Wildman–Crippen LogP) is 2.78. The van der Waals surface area contributed by atoms with Crippen LogP contribution in [0.4, 0.5) is 16.2 Å². The van der Waals surface area contributed by atoms with E-state index in [4.69, 9.17) is 4.74 Å². The van der Waals surface area contributed by atoms with Crippen LogP contribution in [0, 0.1) is 5.92 Å². The smallest absolute Gasteiger partial charge is 0.321 e. The second-order valence-electron chi connectivity index (χ2n) is 8.39. The summed E-state index contributed by atoms with van der Waals surface area (Å²) in [6, 6.07) is 16.0. The summed E-state index contributed by atoms with van der Waals surface area (Å²) in [7, 11) is 0. The minimum atomic E-state index is -0.642. The summed E-state index contributed by atoms with van der Waals surface area (Å²) in [6.07, 6.45) is 0.895. The highest BCUT2D eigenvalue weighted by Crippen LogP contribution is 2.20. The van der Waals surface area contributed by atoms with Crippen molar-refractivity contribution < 1.29 is 23.9 Å². The monoisotopic (exact) mass is 495 g/mol. The molecule has 36 heavy (non-hydrogen) atoms. The normalized spacial score (nSPS) is 13.4. The number of piperidine rings is 1. The average Bonchev–Trinajstić information content (AvgIpc) is 2.92. The fourth-order valence-corrected chi connectivity index (χ4v) is 3.94. The first kappa shape index (κ1) is 26.5. The summed E-state index contributed by atoms with van der Waals surface area (Å²) in [4.78, 5) is 52.8. The van der Waals surface area contributed by atoms with E-state index in [-0.39, 0.29) is 6.03 Å². The van der Waals surface area contributed by atoms with Crippen LogP contribution in [0.15, 0.2) is 54.6 Å². The van der Waals surface area contributed by atoms with Crippen LogP contribution in [0.2, 0.25) is 0 Å². The van der Waals surface area contributed by atoms with Gasteiger partial charge in [0.2, 0.25) is 0 Å². The summed E-state index contributed by atoms with van der Waals surface area (Å²) in [5, 5.41) is 2.82. The molecule has 1 aliphatic heterocycles. The maximum absolute atomic E-state index is 12.4. The van der Waals surface area contributed by atoms with E-state index in [1.54, 1.807) is 29.2 Å². The van der Waals surface area contributed by atoms with Gasteiger partial charge in [0.05, 0.1) is 5.92 Å². The van der Waals surface area contributed by atoms with Crippen LogP contribution in [0.5, 0.6) is 0 Å². The quantitative estimate of drug-likeness (QED) is 0.383. The fraction of sp³-hybridized carbons (Fsp3) is 0.385. The maximum atomic E-state index is 12.4. The largest absolute Gasteiger partial charge is 0.455 e. The van der Waals surface area contributed by atoms with Gasteiger partial charge in [-0.2, -0.15) is 0 Å². The van der Waals surface area contributed by atoms with Gasteiger partial charge in [0.1, 0.15) is 0 Å². The van der Waals surface area contributed by atoms with Gasteiger partial charge in [0.25, 0.3) is 11.8 Å². The van der Waals surface area contributed by atoms with Gasteiger partial charge in [-0.25, -0.2) is 4.79 Å². The van der Waals surface area contributed by atoms with Crippen molar-refractivity contribution in [2.24, 2.45) is 5.92 Å². The van der Waals surface area contributed by atoms with Crippen molar-refractivity contribution in [1.29, 1.82) is 0 Å². The Bertz CT molecular complexity index is 1030. The minimum Gasteiger partial charge on any atom is -0.455 e. The lowest BCUT2D eigenvalue weighted by molar-refractivity contribution is -0.154. The zero-order valence-corrected chi connectivity index (χ0v) is 20.7. The molecule has 1 aliphatic rings. The van der Waals surface area contributed by atoms with Gasteiger partial charge in [-0.15, -0.1) is 0 Å². The highest BCUT2D eigenvalue weighted by Gasteiger charge is 2.28. The molecule has 4 amide bonds. The number of rotatable bonds is 8. The molecule has 10 heteroatoms. The first-order valence-corrected chi connectivity index (χ1v) is 12.1. The topological polar surface area (TPSA) is 120 Å². The lowest BCUT2D eigenvalue weighted by atomic mass is 9.97. The van der Waals surface area contributed by atoms with E-state index in [0.717, 1.165) is 18.8 Å². The number of para-hydroxylation sites is 1. The molecule has 10 nitrogen and oxygen atoms in total. The minimum absolute atomic E-state index is 0.217. The molecule has 1 saturated heterocycles. The standard InChI is InChI=1S/C26H33N5O5/c1-3-30(4-2)22-12-10-19(11-13-22)24(33)29-28-23(32)18-36-25(34)20-14-16-31(17-15-20)26(35)27-21-8-6-5-7-9-21/h5-13,20H,3-4,14-18H2,1-2H3,(H,27,35)(H,28,32)(H,29,33). The molecule has 1 heterocycles. The molecule has 0 atom stereocenters. The number of anilines is 2. The third-order valence-corrected chi connectivity index (χ3v) is 6.06. The van der Waals surface area contributed by atoms with Crippen molar-refractivity contribution in [1.82, 2.24) is 15.8 Å². The Labute approximate surface area is 210 Å². The zero-order valence-electron chi connectivity index (χ0n) is 20.7. The molecule has 2 aromatic carbocycles. The molecule has 0 saturated carbocycles. The van der Waals surface area contributed by atoms with Crippen LogP contribution in [-0.4, -0.2) is 61.5 Å². The molecule has 0 bridgehead atoms. The number of nitrogens with zero attached hydrogens (tertiary/aromatic N) is 2.